The van der Waals surface area contributed by atoms with Gasteiger partial charge in [-0.3, -0.25) is 0 Å². The molecule has 1 atom stereocenters. The van der Waals surface area contributed by atoms with Crippen LogP contribution in [0.4, 0.5) is 15.8 Å². The van der Waals surface area contributed by atoms with Gasteiger partial charge < -0.3 is 20.9 Å². The number of hydrogen-bond donors (Lipinski definition) is 3. The molecule has 1 aromatic carbocycles. The lowest BCUT2D eigenvalue weighted by Gasteiger charge is -2.24. The number of halogens is 1. The average molecular weight is 284 g/mol. The summed E-state index contributed by atoms with van der Waals surface area (Å²) >= 11 is 0. The Morgan fingerprint density at radius 1 is 1.45 bits per heavy atom. The van der Waals surface area contributed by atoms with Crippen molar-refractivity contribution in [3.8, 4) is 5.75 Å². The molecule has 0 aliphatic carbocycles. The maximum Gasteiger partial charge on any atom is 0.167 e. The van der Waals surface area contributed by atoms with Crippen LogP contribution >= 0.6 is 0 Å². The Balaban J connectivity index is 2.84. The van der Waals surface area contributed by atoms with Crippen LogP contribution in [0.2, 0.25) is 0 Å². The highest BCUT2D eigenvalue weighted by Crippen LogP contribution is 2.29. The summed E-state index contributed by atoms with van der Waals surface area (Å²) in [4.78, 5) is 0. The van der Waals surface area contributed by atoms with Crippen molar-refractivity contribution in [3.63, 3.8) is 0 Å². The molecule has 1 rings (SSSR count). The van der Waals surface area contributed by atoms with E-state index in [4.69, 9.17) is 10.5 Å². The smallest absolute Gasteiger partial charge is 0.167 e. The number of nitrogen functional groups attached to an aromatic ring is 1. The molecule has 0 aliphatic heterocycles. The van der Waals surface area contributed by atoms with Gasteiger partial charge in [-0.05, 0) is 27.2 Å². The lowest BCUT2D eigenvalue weighted by atomic mass is 10.0. The van der Waals surface area contributed by atoms with E-state index in [9.17, 15) is 9.50 Å². The molecule has 0 bridgehead atoms. The van der Waals surface area contributed by atoms with Gasteiger partial charge in [0, 0.05) is 18.7 Å². The second-order valence-electron chi connectivity index (χ2n) is 5.64. The summed E-state index contributed by atoms with van der Waals surface area (Å²) in [6.45, 7) is 7.77. The Morgan fingerprint density at radius 2 is 2.10 bits per heavy atom. The summed E-state index contributed by atoms with van der Waals surface area (Å²) < 4.78 is 19.1. The van der Waals surface area contributed by atoms with Gasteiger partial charge in [0.15, 0.2) is 11.6 Å². The molecule has 0 amide bonds. The van der Waals surface area contributed by atoms with Crippen molar-refractivity contribution in [3.05, 3.63) is 17.9 Å². The number of nitrogens with two attached hydrogens (primary N) is 1. The fourth-order valence-corrected chi connectivity index (χ4v) is 1.98. The van der Waals surface area contributed by atoms with E-state index in [-0.39, 0.29) is 11.9 Å². The van der Waals surface area contributed by atoms with Gasteiger partial charge in [0.05, 0.1) is 23.1 Å². The first-order chi connectivity index (χ1) is 9.25. The highest BCUT2D eigenvalue weighted by Gasteiger charge is 2.19. The van der Waals surface area contributed by atoms with E-state index in [1.165, 1.54) is 12.1 Å². The van der Waals surface area contributed by atoms with Crippen molar-refractivity contribution < 1.29 is 14.2 Å². The molecular formula is C15H25FN2O2. The fourth-order valence-electron chi connectivity index (χ4n) is 1.98. The van der Waals surface area contributed by atoms with Crippen molar-refractivity contribution in [1.82, 2.24) is 0 Å². The normalized spacial score (nSPS) is 14.2. The quantitative estimate of drug-likeness (QED) is 0.673. The first kappa shape index (κ1) is 16.6. The van der Waals surface area contributed by atoms with E-state index in [1.807, 2.05) is 20.8 Å². The Bertz CT molecular complexity index is 448. The first-order valence-electron chi connectivity index (χ1n) is 6.97. The molecule has 114 valence electrons. The number of aliphatic hydroxyl groups is 1. The van der Waals surface area contributed by atoms with Crippen LogP contribution in [0.25, 0.3) is 0 Å². The van der Waals surface area contributed by atoms with Crippen molar-refractivity contribution in [2.24, 2.45) is 0 Å². The number of hydrogen-bond acceptors (Lipinski definition) is 4. The summed E-state index contributed by atoms with van der Waals surface area (Å²) in [5.41, 5.74) is 5.83. The van der Waals surface area contributed by atoms with Crippen molar-refractivity contribution in [1.29, 1.82) is 0 Å². The Kier molecular flexibility index (Phi) is 5.62. The van der Waals surface area contributed by atoms with Gasteiger partial charge in [0.1, 0.15) is 0 Å². The van der Waals surface area contributed by atoms with E-state index in [2.05, 4.69) is 5.32 Å². The molecule has 5 heteroatoms. The number of nitrogens with one attached hydrogen (secondary N) is 1. The molecule has 0 aromatic heterocycles. The first-order valence-corrected chi connectivity index (χ1v) is 6.97. The van der Waals surface area contributed by atoms with Crippen LogP contribution in [-0.2, 0) is 0 Å². The van der Waals surface area contributed by atoms with E-state index >= 15 is 0 Å². The maximum atomic E-state index is 13.7. The molecule has 1 aromatic rings. The van der Waals surface area contributed by atoms with Gasteiger partial charge in [-0.1, -0.05) is 13.3 Å². The molecular weight excluding hydrogens is 259 g/mol. The topological polar surface area (TPSA) is 67.5 Å². The fraction of sp³-hybridized carbons (Fsp3) is 0.600. The average Bonchev–Trinajstić information content (AvgIpc) is 2.30. The predicted molar refractivity (Wildman–Crippen MR) is 80.6 cm³/mol. The SMILES string of the molecule is CCCC(C)(O)CNc1cc(OC(C)C)c(F)cc1N. The third-order valence-electron chi connectivity index (χ3n) is 2.91. The van der Waals surface area contributed by atoms with E-state index < -0.39 is 11.4 Å². The molecule has 0 saturated carbocycles. The van der Waals surface area contributed by atoms with Crippen LogP contribution in [0.3, 0.4) is 0 Å². The van der Waals surface area contributed by atoms with Crippen LogP contribution in [-0.4, -0.2) is 23.4 Å². The molecule has 0 heterocycles. The maximum absolute atomic E-state index is 13.7. The molecule has 4 N–H and O–H groups in total. The Hall–Kier alpha value is -1.49. The third kappa shape index (κ3) is 4.89. The Labute approximate surface area is 120 Å². The van der Waals surface area contributed by atoms with Crippen molar-refractivity contribution in [2.75, 3.05) is 17.6 Å². The zero-order valence-corrected chi connectivity index (χ0v) is 12.7. The highest BCUT2D eigenvalue weighted by molar-refractivity contribution is 5.68. The predicted octanol–water partition coefficient (Wildman–Crippen LogP) is 3.16. The molecule has 4 nitrogen and oxygen atoms in total. The summed E-state index contributed by atoms with van der Waals surface area (Å²) in [5, 5.41) is 13.2. The standard InChI is InChI=1S/C15H25FN2O2/c1-5-6-15(4,19)9-18-13-8-14(20-10(2)3)11(16)7-12(13)17/h7-8,10,18-19H,5-6,9,17H2,1-4H3. The zero-order valence-electron chi connectivity index (χ0n) is 12.7. The minimum absolute atomic E-state index is 0.121. The number of anilines is 2. The van der Waals surface area contributed by atoms with Gasteiger partial charge in [0.2, 0.25) is 0 Å². The summed E-state index contributed by atoms with van der Waals surface area (Å²) in [7, 11) is 0. The van der Waals surface area contributed by atoms with Gasteiger partial charge >= 0.3 is 0 Å². The van der Waals surface area contributed by atoms with Crippen LogP contribution in [0.15, 0.2) is 12.1 Å². The van der Waals surface area contributed by atoms with Crippen LogP contribution in [0.5, 0.6) is 5.75 Å². The van der Waals surface area contributed by atoms with Gasteiger partial charge in [0.25, 0.3) is 0 Å². The molecule has 1 unspecified atom stereocenters. The second kappa shape index (κ2) is 6.79. The van der Waals surface area contributed by atoms with Gasteiger partial charge in [-0.15, -0.1) is 0 Å². The highest BCUT2D eigenvalue weighted by atomic mass is 19.1. The zero-order chi connectivity index (χ0) is 15.3. The monoisotopic (exact) mass is 284 g/mol. The summed E-state index contributed by atoms with van der Waals surface area (Å²) in [6, 6.07) is 2.77. The van der Waals surface area contributed by atoms with Crippen LogP contribution in [0, 0.1) is 5.82 Å². The lowest BCUT2D eigenvalue weighted by Crippen LogP contribution is -2.33. The van der Waals surface area contributed by atoms with Crippen molar-refractivity contribution >= 4 is 11.4 Å². The number of benzene rings is 1. The Morgan fingerprint density at radius 3 is 2.65 bits per heavy atom. The molecule has 0 radical (unpaired) electrons. The minimum Gasteiger partial charge on any atom is -0.488 e. The third-order valence-corrected chi connectivity index (χ3v) is 2.91. The minimum atomic E-state index is -0.825. The van der Waals surface area contributed by atoms with Crippen LogP contribution in [0.1, 0.15) is 40.5 Å². The molecule has 0 spiro atoms. The van der Waals surface area contributed by atoms with Crippen molar-refractivity contribution in [2.45, 2.75) is 52.2 Å². The number of rotatable bonds is 7. The van der Waals surface area contributed by atoms with E-state index in [0.29, 0.717) is 24.3 Å². The molecule has 0 fully saturated rings. The van der Waals surface area contributed by atoms with Gasteiger partial charge in [-0.25, -0.2) is 4.39 Å². The van der Waals surface area contributed by atoms with E-state index in [1.54, 1.807) is 6.92 Å². The van der Waals surface area contributed by atoms with Crippen LogP contribution < -0.4 is 15.8 Å². The molecule has 20 heavy (non-hydrogen) atoms. The second-order valence-corrected chi connectivity index (χ2v) is 5.64. The van der Waals surface area contributed by atoms with Gasteiger partial charge in [-0.2, -0.15) is 0 Å². The summed E-state index contributed by atoms with van der Waals surface area (Å²) in [5.74, 6) is -0.325. The summed E-state index contributed by atoms with van der Waals surface area (Å²) in [6.07, 6.45) is 1.44. The largest absolute Gasteiger partial charge is 0.488 e. The molecule has 0 saturated heterocycles. The number of ether oxygens (including phenoxy) is 1. The molecule has 0 aliphatic rings. The van der Waals surface area contributed by atoms with E-state index in [0.717, 1.165) is 6.42 Å². The lowest BCUT2D eigenvalue weighted by molar-refractivity contribution is 0.0637.